The fraction of sp³-hybridized carbons (Fsp3) is 0.154. The third kappa shape index (κ3) is 8.20. The largest absolute Gasteiger partial charge is 0.471 e. The Hall–Kier alpha value is -5.88. The number of hydrogen-bond donors (Lipinski definition) is 3. The number of benzene rings is 6. The Bertz CT molecular complexity index is 2840. The highest BCUT2D eigenvalue weighted by Crippen LogP contribution is 2.41. The molecule has 0 saturated heterocycles. The highest BCUT2D eigenvalue weighted by atomic mass is 32.2. The minimum atomic E-state index is -5.27. The number of nitrogens with zero attached hydrogens (tertiary/aromatic N) is 4. The smallest absolute Gasteiger partial charge is 0.316 e. The fourth-order valence-corrected chi connectivity index (χ4v) is 7.67. The number of azo groups is 2. The van der Waals surface area contributed by atoms with Crippen LogP contribution >= 0.6 is 0 Å². The molecule has 0 atom stereocenters. The van der Waals surface area contributed by atoms with Gasteiger partial charge in [-0.2, -0.15) is 45.3 Å². The van der Waals surface area contributed by atoms with Crippen LogP contribution in [0.4, 0.5) is 41.6 Å². The average molecular weight is 804 g/mol. The molecule has 3 N–H and O–H groups in total. The normalized spacial score (nSPS) is 12.6. The van der Waals surface area contributed by atoms with Gasteiger partial charge in [0.2, 0.25) is 0 Å². The zero-order valence-corrected chi connectivity index (χ0v) is 31.5. The van der Waals surface area contributed by atoms with Gasteiger partial charge >= 0.3 is 12.1 Å². The summed E-state index contributed by atoms with van der Waals surface area (Å²) in [6.07, 6.45) is -4.27. The summed E-state index contributed by atoms with van der Waals surface area (Å²) in [5.41, 5.74) is 3.97. The molecule has 17 heteroatoms. The zero-order valence-electron chi connectivity index (χ0n) is 29.8. The molecule has 0 unspecified atom stereocenters. The molecular formula is C39H32F3N5O7S2. The summed E-state index contributed by atoms with van der Waals surface area (Å²) in [5.74, 6) is -2.31. The molecule has 0 aliphatic rings. The Morgan fingerprint density at radius 2 is 1.02 bits per heavy atom. The fourth-order valence-electron chi connectivity index (χ4n) is 6.23. The summed E-state index contributed by atoms with van der Waals surface area (Å²) in [5, 5.41) is 19.6. The average Bonchev–Trinajstić information content (AvgIpc) is 3.15. The zero-order chi connectivity index (χ0) is 40.6. The predicted molar refractivity (Wildman–Crippen MR) is 206 cm³/mol. The highest BCUT2D eigenvalue weighted by molar-refractivity contribution is 7.86. The van der Waals surface area contributed by atoms with Gasteiger partial charge in [0.15, 0.2) is 0 Å². The number of anilines is 1. The molecule has 0 saturated carbocycles. The van der Waals surface area contributed by atoms with Gasteiger partial charge in [0.05, 0.1) is 22.7 Å². The molecule has 0 aliphatic heterocycles. The van der Waals surface area contributed by atoms with Gasteiger partial charge in [-0.3, -0.25) is 13.9 Å². The second-order valence-electron chi connectivity index (χ2n) is 12.6. The van der Waals surface area contributed by atoms with E-state index in [9.17, 15) is 43.9 Å². The third-order valence-electron chi connectivity index (χ3n) is 9.07. The van der Waals surface area contributed by atoms with Crippen LogP contribution in [0.2, 0.25) is 0 Å². The molecule has 0 aliphatic carbocycles. The quantitative estimate of drug-likeness (QED) is 0.0907. The number of hydrogen-bond acceptors (Lipinski definition) is 9. The van der Waals surface area contributed by atoms with E-state index in [0.717, 1.165) is 22.8 Å². The molecule has 0 aromatic heterocycles. The van der Waals surface area contributed by atoms with E-state index in [1.165, 1.54) is 30.3 Å². The number of fused-ring (bicyclic) bond motifs is 2. The van der Waals surface area contributed by atoms with Gasteiger partial charge in [0, 0.05) is 16.2 Å². The Kier molecular flexibility index (Phi) is 10.9. The van der Waals surface area contributed by atoms with Crippen molar-refractivity contribution in [2.75, 3.05) is 5.32 Å². The second-order valence-corrected chi connectivity index (χ2v) is 15.4. The number of halogens is 3. The summed E-state index contributed by atoms with van der Waals surface area (Å²) in [6, 6.07) is 25.0. The van der Waals surface area contributed by atoms with Crippen molar-refractivity contribution in [3.63, 3.8) is 0 Å². The summed E-state index contributed by atoms with van der Waals surface area (Å²) in [4.78, 5) is 11.1. The van der Waals surface area contributed by atoms with Gasteiger partial charge < -0.3 is 5.32 Å². The summed E-state index contributed by atoms with van der Waals surface area (Å²) >= 11 is 0. The molecule has 6 rings (SSSR count). The van der Waals surface area contributed by atoms with Gasteiger partial charge in [-0.05, 0) is 89.4 Å². The third-order valence-corrected chi connectivity index (χ3v) is 10.9. The standard InChI is InChI=1S/C39H32F3N5O7S2/c1-4-23-18-25(14-16-31(23)44-46-33-20-35(55(49,50)51)28-11-7-6-10-27(28)22(33)3)26-15-17-32(24(5-2)19-26)45-47-34-21-36(56(52,53)54)29-12-8-9-13-30(29)37(34)43-38(48)39(40,41)42/h6-21H,4-5H2,1-3H3,(H,43,48)(H,49,50,51)(H,52,53,54). The minimum absolute atomic E-state index is 0.120. The van der Waals surface area contributed by atoms with Crippen LogP contribution < -0.4 is 5.32 Å². The summed E-state index contributed by atoms with van der Waals surface area (Å²) < 4.78 is 109. The van der Waals surface area contributed by atoms with Gasteiger partial charge in [0.25, 0.3) is 20.2 Å². The highest BCUT2D eigenvalue weighted by Gasteiger charge is 2.39. The molecule has 0 fully saturated rings. The van der Waals surface area contributed by atoms with Crippen LogP contribution in [-0.4, -0.2) is 38.0 Å². The first-order valence-corrected chi connectivity index (χ1v) is 19.8. The van der Waals surface area contributed by atoms with Crippen LogP contribution in [0.1, 0.15) is 30.5 Å². The molecule has 1 amide bonds. The minimum Gasteiger partial charge on any atom is -0.316 e. The van der Waals surface area contributed by atoms with Gasteiger partial charge in [0.1, 0.15) is 15.5 Å². The van der Waals surface area contributed by atoms with Crippen molar-refractivity contribution < 1.29 is 43.9 Å². The van der Waals surface area contributed by atoms with Crippen molar-refractivity contribution in [1.82, 2.24) is 0 Å². The Balaban J connectivity index is 1.36. The van der Waals surface area contributed by atoms with Crippen molar-refractivity contribution in [3.8, 4) is 11.1 Å². The molecular weight excluding hydrogens is 772 g/mol. The van der Waals surface area contributed by atoms with Crippen LogP contribution in [0, 0.1) is 6.92 Å². The SMILES string of the molecule is CCc1cc(-c2ccc(N=Nc3cc(S(=O)(=O)O)c4ccccc4c3NC(=O)C(F)(F)F)c(CC)c2)ccc1N=Nc1cc(S(=O)(=O)O)c2ccccc2c1C. The Morgan fingerprint density at radius 3 is 1.48 bits per heavy atom. The van der Waals surface area contributed by atoms with E-state index in [1.807, 2.05) is 32.0 Å². The number of carbonyl (C=O) groups is 1. The van der Waals surface area contributed by atoms with E-state index >= 15 is 0 Å². The lowest BCUT2D eigenvalue weighted by Crippen LogP contribution is -2.30. The van der Waals surface area contributed by atoms with Crippen molar-refractivity contribution in [2.45, 2.75) is 49.6 Å². The molecule has 0 heterocycles. The van der Waals surface area contributed by atoms with Crippen LogP contribution in [0.3, 0.4) is 0 Å². The van der Waals surface area contributed by atoms with Crippen LogP contribution in [-0.2, 0) is 37.9 Å². The van der Waals surface area contributed by atoms with Crippen molar-refractivity contribution in [1.29, 1.82) is 0 Å². The van der Waals surface area contributed by atoms with Gasteiger partial charge in [-0.1, -0.05) is 74.5 Å². The van der Waals surface area contributed by atoms with E-state index < -0.39 is 48.6 Å². The molecule has 6 aromatic carbocycles. The molecule has 0 spiro atoms. The molecule has 0 radical (unpaired) electrons. The number of carbonyl (C=O) groups excluding carboxylic acids is 1. The number of alkyl halides is 3. The van der Waals surface area contributed by atoms with Crippen molar-refractivity contribution in [2.24, 2.45) is 20.5 Å². The van der Waals surface area contributed by atoms with E-state index in [-0.39, 0.29) is 21.4 Å². The summed E-state index contributed by atoms with van der Waals surface area (Å²) in [7, 11) is -9.43. The van der Waals surface area contributed by atoms with Crippen LogP contribution in [0.15, 0.2) is 127 Å². The lowest BCUT2D eigenvalue weighted by molar-refractivity contribution is -0.167. The lowest BCUT2D eigenvalue weighted by atomic mass is 9.98. The van der Waals surface area contributed by atoms with E-state index in [0.29, 0.717) is 46.1 Å². The van der Waals surface area contributed by atoms with E-state index in [4.69, 9.17) is 0 Å². The maximum atomic E-state index is 13.3. The number of amides is 1. The first-order chi connectivity index (χ1) is 26.4. The number of rotatable bonds is 10. The molecule has 0 bridgehead atoms. The lowest BCUT2D eigenvalue weighted by Gasteiger charge is -2.15. The van der Waals surface area contributed by atoms with E-state index in [1.54, 1.807) is 54.7 Å². The van der Waals surface area contributed by atoms with E-state index in [2.05, 4.69) is 20.5 Å². The Labute approximate surface area is 319 Å². The van der Waals surface area contributed by atoms with Gasteiger partial charge in [-0.15, -0.1) is 5.11 Å². The van der Waals surface area contributed by atoms with Crippen molar-refractivity contribution >= 4 is 76.1 Å². The van der Waals surface area contributed by atoms with Gasteiger partial charge in [-0.25, -0.2) is 0 Å². The summed E-state index contributed by atoms with van der Waals surface area (Å²) in [6.45, 7) is 5.57. The maximum absolute atomic E-state index is 13.3. The second kappa shape index (κ2) is 15.3. The maximum Gasteiger partial charge on any atom is 0.471 e. The van der Waals surface area contributed by atoms with Crippen molar-refractivity contribution in [3.05, 3.63) is 114 Å². The predicted octanol–water partition coefficient (Wildman–Crippen LogP) is 10.9. The van der Waals surface area contributed by atoms with Crippen LogP contribution in [0.5, 0.6) is 0 Å². The van der Waals surface area contributed by atoms with Crippen LogP contribution in [0.25, 0.3) is 32.7 Å². The monoisotopic (exact) mass is 803 g/mol. The Morgan fingerprint density at radius 1 is 0.607 bits per heavy atom. The molecule has 6 aromatic rings. The number of aryl methyl sites for hydroxylation is 3. The first-order valence-electron chi connectivity index (χ1n) is 16.9. The topological polar surface area (TPSA) is 187 Å². The molecule has 56 heavy (non-hydrogen) atoms. The first kappa shape index (κ1) is 39.8. The molecule has 288 valence electrons. The number of nitrogens with one attached hydrogen (secondary N) is 1. The molecule has 12 nitrogen and oxygen atoms in total.